The molecular formula is C16H10Cl4O2S2. The summed E-state index contributed by atoms with van der Waals surface area (Å²) in [5, 5.41) is 1.50. The van der Waals surface area contributed by atoms with Gasteiger partial charge in [-0.3, -0.25) is 9.59 Å². The van der Waals surface area contributed by atoms with Gasteiger partial charge in [0.05, 0.1) is 31.6 Å². The molecule has 0 atom stereocenters. The second kappa shape index (κ2) is 9.37. The van der Waals surface area contributed by atoms with E-state index in [4.69, 9.17) is 46.4 Å². The first-order valence-electron chi connectivity index (χ1n) is 6.59. The molecule has 0 saturated heterocycles. The predicted octanol–water partition coefficient (Wildman–Crippen LogP) is 6.75. The summed E-state index contributed by atoms with van der Waals surface area (Å²) in [6.07, 6.45) is 0. The van der Waals surface area contributed by atoms with E-state index in [9.17, 15) is 9.59 Å². The minimum Gasteiger partial charge on any atom is -0.293 e. The third-order valence-electron chi connectivity index (χ3n) is 2.95. The maximum atomic E-state index is 12.1. The average molecular weight is 440 g/mol. The molecule has 0 amide bonds. The topological polar surface area (TPSA) is 34.1 Å². The zero-order valence-electron chi connectivity index (χ0n) is 12.0. The molecule has 2 rings (SSSR count). The fourth-order valence-corrected chi connectivity index (χ4v) is 4.15. The van der Waals surface area contributed by atoms with Crippen LogP contribution in [-0.2, 0) is 0 Å². The first kappa shape index (κ1) is 20.0. The first-order chi connectivity index (χ1) is 11.4. The predicted molar refractivity (Wildman–Crippen MR) is 107 cm³/mol. The number of ketones is 2. The summed E-state index contributed by atoms with van der Waals surface area (Å²) in [5.74, 6) is 0.315. The van der Waals surface area contributed by atoms with Gasteiger partial charge in [0, 0.05) is 11.1 Å². The van der Waals surface area contributed by atoms with Crippen molar-refractivity contribution in [1.82, 2.24) is 0 Å². The molecule has 0 fully saturated rings. The van der Waals surface area contributed by atoms with Crippen LogP contribution in [0, 0.1) is 0 Å². The monoisotopic (exact) mass is 438 g/mol. The molecule has 8 heteroatoms. The van der Waals surface area contributed by atoms with Gasteiger partial charge >= 0.3 is 0 Å². The molecule has 24 heavy (non-hydrogen) atoms. The van der Waals surface area contributed by atoms with Crippen molar-refractivity contribution in [2.75, 3.05) is 11.5 Å². The maximum Gasteiger partial charge on any atom is 0.173 e. The van der Waals surface area contributed by atoms with Crippen LogP contribution >= 0.6 is 68.0 Å². The van der Waals surface area contributed by atoms with E-state index in [1.807, 2.05) is 0 Å². The average Bonchev–Trinajstić information content (AvgIpc) is 2.56. The zero-order valence-corrected chi connectivity index (χ0v) is 16.7. The van der Waals surface area contributed by atoms with Crippen molar-refractivity contribution in [2.45, 2.75) is 0 Å². The molecular weight excluding hydrogens is 430 g/mol. The van der Waals surface area contributed by atoms with Crippen LogP contribution in [-0.4, -0.2) is 23.1 Å². The number of halogens is 4. The van der Waals surface area contributed by atoms with Crippen LogP contribution in [0.4, 0.5) is 0 Å². The summed E-state index contributed by atoms with van der Waals surface area (Å²) < 4.78 is 0. The number of hydrogen-bond acceptors (Lipinski definition) is 4. The van der Waals surface area contributed by atoms with Gasteiger partial charge in [-0.1, -0.05) is 68.0 Å². The number of rotatable bonds is 7. The van der Waals surface area contributed by atoms with Crippen LogP contribution in [0.5, 0.6) is 0 Å². The fourth-order valence-electron chi connectivity index (χ4n) is 1.70. The standard InChI is InChI=1S/C16H10Cl4O2S2/c17-11-3-1-9(5-13(11)19)15(21)7-23-24-8-16(22)10-2-4-12(18)14(20)6-10/h1-6H,7-8H2. The Balaban J connectivity index is 1.81. The number of hydrogen-bond donors (Lipinski definition) is 0. The Hall–Kier alpha value is -0.360. The Morgan fingerprint density at radius 3 is 1.38 bits per heavy atom. The molecule has 0 aliphatic rings. The van der Waals surface area contributed by atoms with E-state index in [0.29, 0.717) is 31.2 Å². The molecule has 0 unspecified atom stereocenters. The fraction of sp³-hybridized carbons (Fsp3) is 0.125. The Labute approximate surface area is 167 Å². The smallest absolute Gasteiger partial charge is 0.173 e. The number of Topliss-reactive ketones (excluding diaryl/α,β-unsaturated/α-hetero) is 2. The van der Waals surface area contributed by atoms with E-state index in [0.717, 1.165) is 0 Å². The molecule has 0 heterocycles. The Bertz CT molecular complexity index is 715. The highest BCUT2D eigenvalue weighted by molar-refractivity contribution is 8.77. The van der Waals surface area contributed by atoms with Crippen molar-refractivity contribution in [3.05, 3.63) is 67.6 Å². The SMILES string of the molecule is O=C(CSSCC(=O)c1ccc(Cl)c(Cl)c1)c1ccc(Cl)c(Cl)c1. The van der Waals surface area contributed by atoms with Crippen molar-refractivity contribution in [3.63, 3.8) is 0 Å². The lowest BCUT2D eigenvalue weighted by atomic mass is 10.1. The third-order valence-corrected chi connectivity index (χ3v) is 6.56. The molecule has 0 aliphatic carbocycles. The normalized spacial score (nSPS) is 10.7. The van der Waals surface area contributed by atoms with Crippen LogP contribution in [0.15, 0.2) is 36.4 Å². The van der Waals surface area contributed by atoms with Gasteiger partial charge in [-0.05, 0) is 36.4 Å². The first-order valence-corrected chi connectivity index (χ1v) is 10.6. The highest BCUT2D eigenvalue weighted by Gasteiger charge is 2.11. The van der Waals surface area contributed by atoms with Gasteiger partial charge in [-0.15, -0.1) is 0 Å². The molecule has 2 nitrogen and oxygen atoms in total. The van der Waals surface area contributed by atoms with Crippen molar-refractivity contribution < 1.29 is 9.59 Å². The van der Waals surface area contributed by atoms with Crippen molar-refractivity contribution >= 4 is 79.6 Å². The van der Waals surface area contributed by atoms with Gasteiger partial charge in [0.25, 0.3) is 0 Å². The van der Waals surface area contributed by atoms with E-state index >= 15 is 0 Å². The van der Waals surface area contributed by atoms with E-state index < -0.39 is 0 Å². The number of carbonyl (C=O) groups excluding carboxylic acids is 2. The van der Waals surface area contributed by atoms with E-state index in [1.165, 1.54) is 33.7 Å². The van der Waals surface area contributed by atoms with Gasteiger partial charge in [-0.25, -0.2) is 0 Å². The molecule has 0 saturated carbocycles. The van der Waals surface area contributed by atoms with Crippen LogP contribution < -0.4 is 0 Å². The van der Waals surface area contributed by atoms with Crippen LogP contribution in [0.25, 0.3) is 0 Å². The van der Waals surface area contributed by atoms with Gasteiger partial charge in [-0.2, -0.15) is 0 Å². The summed E-state index contributed by atoms with van der Waals surface area (Å²) in [6, 6.07) is 9.51. The van der Waals surface area contributed by atoms with E-state index in [1.54, 1.807) is 24.3 Å². The Morgan fingerprint density at radius 2 is 1.04 bits per heavy atom. The number of benzene rings is 2. The largest absolute Gasteiger partial charge is 0.293 e. The summed E-state index contributed by atoms with van der Waals surface area (Å²) in [5.41, 5.74) is 0.988. The van der Waals surface area contributed by atoms with Crippen LogP contribution in [0.2, 0.25) is 20.1 Å². The minimum absolute atomic E-state index is 0.0759. The van der Waals surface area contributed by atoms with Crippen molar-refractivity contribution in [2.24, 2.45) is 0 Å². The summed E-state index contributed by atoms with van der Waals surface area (Å²) in [6.45, 7) is 0. The lowest BCUT2D eigenvalue weighted by Crippen LogP contribution is -2.04. The zero-order chi connectivity index (χ0) is 17.7. The van der Waals surface area contributed by atoms with E-state index in [2.05, 4.69) is 0 Å². The number of carbonyl (C=O) groups is 2. The molecule has 2 aromatic rings. The van der Waals surface area contributed by atoms with Crippen LogP contribution in [0.3, 0.4) is 0 Å². The third kappa shape index (κ3) is 5.58. The summed E-state index contributed by atoms with van der Waals surface area (Å²) >= 11 is 23.4. The van der Waals surface area contributed by atoms with Crippen LogP contribution in [0.1, 0.15) is 20.7 Å². The highest BCUT2D eigenvalue weighted by atomic mass is 35.5. The summed E-state index contributed by atoms with van der Waals surface area (Å²) in [7, 11) is 2.62. The molecule has 0 spiro atoms. The van der Waals surface area contributed by atoms with Gasteiger partial charge in [0.1, 0.15) is 0 Å². The molecule has 126 valence electrons. The van der Waals surface area contributed by atoms with E-state index in [-0.39, 0.29) is 23.1 Å². The Kier molecular flexibility index (Phi) is 7.79. The molecule has 0 aliphatic heterocycles. The molecule has 0 radical (unpaired) electrons. The quantitative estimate of drug-likeness (QED) is 0.271. The summed E-state index contributed by atoms with van der Waals surface area (Å²) in [4.78, 5) is 24.1. The highest BCUT2D eigenvalue weighted by Crippen LogP contribution is 2.28. The van der Waals surface area contributed by atoms with Gasteiger partial charge in [0.15, 0.2) is 11.6 Å². The molecule has 0 aromatic heterocycles. The molecule has 0 bridgehead atoms. The van der Waals surface area contributed by atoms with Crippen molar-refractivity contribution in [1.29, 1.82) is 0 Å². The lowest BCUT2D eigenvalue weighted by Gasteiger charge is -2.04. The second-order valence-electron chi connectivity index (χ2n) is 4.63. The minimum atomic E-state index is -0.0759. The maximum absolute atomic E-state index is 12.1. The molecule has 0 N–H and O–H groups in total. The lowest BCUT2D eigenvalue weighted by molar-refractivity contribution is 0.101. The Morgan fingerprint density at radius 1 is 0.667 bits per heavy atom. The second-order valence-corrected chi connectivity index (χ2v) is 8.72. The molecule has 2 aromatic carbocycles. The van der Waals surface area contributed by atoms with Gasteiger partial charge < -0.3 is 0 Å². The van der Waals surface area contributed by atoms with Gasteiger partial charge in [0.2, 0.25) is 0 Å². The van der Waals surface area contributed by atoms with Crippen molar-refractivity contribution in [3.8, 4) is 0 Å².